The summed E-state index contributed by atoms with van der Waals surface area (Å²) in [5.41, 5.74) is -0.504. The van der Waals surface area contributed by atoms with E-state index in [-0.39, 0.29) is 25.3 Å². The van der Waals surface area contributed by atoms with Gasteiger partial charge in [-0.2, -0.15) is 8.42 Å². The molecule has 0 saturated heterocycles. The number of nitrogens with zero attached hydrogens (tertiary/aromatic N) is 1. The number of nitrogens with one attached hydrogen (secondary N) is 2. The molecular weight excluding hydrogens is 594 g/mol. The second kappa shape index (κ2) is 15.4. The Bertz CT molecular complexity index is 1380. The molecule has 1 atom stereocenters. The zero-order chi connectivity index (χ0) is 33.1. The molecule has 2 N–H and O–H groups in total. The van der Waals surface area contributed by atoms with Crippen molar-refractivity contribution in [2.75, 3.05) is 17.5 Å². The Kier molecular flexibility index (Phi) is 12.6. The average molecular weight is 636 g/mol. The Morgan fingerprint density at radius 3 is 1.91 bits per heavy atom. The molecule has 0 saturated carbocycles. The van der Waals surface area contributed by atoms with Crippen molar-refractivity contribution in [3.63, 3.8) is 0 Å². The van der Waals surface area contributed by atoms with Gasteiger partial charge in [0.1, 0.15) is 30.4 Å². The van der Waals surface area contributed by atoms with E-state index in [1.807, 2.05) is 6.07 Å². The molecule has 13 nitrogen and oxygen atoms in total. The van der Waals surface area contributed by atoms with E-state index in [0.717, 1.165) is 5.56 Å². The van der Waals surface area contributed by atoms with Gasteiger partial charge in [-0.05, 0) is 71.7 Å². The van der Waals surface area contributed by atoms with Crippen LogP contribution in [0.4, 0.5) is 15.3 Å². The highest BCUT2D eigenvalue weighted by Crippen LogP contribution is 2.20. The van der Waals surface area contributed by atoms with E-state index < -0.39 is 58.1 Å². The lowest BCUT2D eigenvalue weighted by Gasteiger charge is -2.25. The van der Waals surface area contributed by atoms with E-state index in [2.05, 4.69) is 5.32 Å². The van der Waals surface area contributed by atoms with Gasteiger partial charge in [-0.3, -0.25) is 4.79 Å². The van der Waals surface area contributed by atoms with Crippen LogP contribution in [0.15, 0.2) is 54.6 Å². The van der Waals surface area contributed by atoms with Crippen molar-refractivity contribution >= 4 is 40.0 Å². The zero-order valence-electron chi connectivity index (χ0n) is 26.0. The first-order chi connectivity index (χ1) is 20.4. The Hall–Kier alpha value is -4.33. The molecule has 0 bridgehead atoms. The Labute approximate surface area is 258 Å². The van der Waals surface area contributed by atoms with Crippen LogP contribution in [0, 0.1) is 0 Å². The van der Waals surface area contributed by atoms with E-state index in [4.69, 9.17) is 18.9 Å². The van der Waals surface area contributed by atoms with Crippen LogP contribution >= 0.6 is 0 Å². The molecule has 242 valence electrons. The number of esters is 2. The van der Waals surface area contributed by atoms with Crippen LogP contribution in [0.1, 0.15) is 59.6 Å². The van der Waals surface area contributed by atoms with Gasteiger partial charge < -0.3 is 24.3 Å². The lowest BCUT2D eigenvalue weighted by atomic mass is 10.1. The summed E-state index contributed by atoms with van der Waals surface area (Å²) < 4.78 is 49.4. The highest BCUT2D eigenvalue weighted by molar-refractivity contribution is 7.91. The van der Waals surface area contributed by atoms with Crippen molar-refractivity contribution in [3.8, 4) is 0 Å². The third-order valence-corrected chi connectivity index (χ3v) is 6.69. The van der Waals surface area contributed by atoms with Gasteiger partial charge in [-0.15, -0.1) is 0 Å². The molecule has 0 radical (unpaired) electrons. The molecule has 2 rings (SSSR count). The molecule has 0 aliphatic rings. The Balaban J connectivity index is 2.30. The molecule has 0 unspecified atom stereocenters. The van der Waals surface area contributed by atoms with Crippen LogP contribution < -0.4 is 14.3 Å². The Morgan fingerprint density at radius 1 is 0.795 bits per heavy atom. The summed E-state index contributed by atoms with van der Waals surface area (Å²) in [7, 11) is -4.62. The summed E-state index contributed by atoms with van der Waals surface area (Å²) in [5, 5.41) is 2.54. The first kappa shape index (κ1) is 35.9. The molecule has 0 aliphatic heterocycles. The van der Waals surface area contributed by atoms with Crippen LogP contribution in [-0.2, 0) is 51.8 Å². The van der Waals surface area contributed by atoms with Gasteiger partial charge in [0.2, 0.25) is 0 Å². The first-order valence-corrected chi connectivity index (χ1v) is 15.3. The first-order valence-electron chi connectivity index (χ1n) is 13.9. The van der Waals surface area contributed by atoms with Crippen molar-refractivity contribution in [1.82, 2.24) is 10.0 Å². The highest BCUT2D eigenvalue weighted by atomic mass is 32.2. The summed E-state index contributed by atoms with van der Waals surface area (Å²) in [6.45, 7) is 10.6. The molecule has 2 aromatic rings. The number of benzene rings is 2. The molecular formula is C30H41N3O10S. The fraction of sp³-hybridized carbons (Fsp3) is 0.467. The summed E-state index contributed by atoms with van der Waals surface area (Å²) in [6, 6.07) is 13.6. The van der Waals surface area contributed by atoms with Crippen LogP contribution in [0.5, 0.6) is 0 Å². The molecule has 0 aliphatic carbocycles. The molecule has 44 heavy (non-hydrogen) atoms. The number of hydrogen-bond donors (Lipinski definition) is 2. The fourth-order valence-electron chi connectivity index (χ4n) is 3.60. The van der Waals surface area contributed by atoms with Crippen molar-refractivity contribution in [2.24, 2.45) is 0 Å². The summed E-state index contributed by atoms with van der Waals surface area (Å²) in [6.07, 6.45) is -2.09. The largest absolute Gasteiger partial charge is 0.465 e. The number of amides is 2. The number of rotatable bonds is 12. The molecule has 0 fully saturated rings. The van der Waals surface area contributed by atoms with E-state index in [1.54, 1.807) is 77.5 Å². The minimum absolute atomic E-state index is 0.0115. The minimum atomic E-state index is -4.62. The predicted molar refractivity (Wildman–Crippen MR) is 162 cm³/mol. The maximum absolute atomic E-state index is 13.1. The van der Waals surface area contributed by atoms with E-state index in [1.165, 1.54) is 24.3 Å². The topological polar surface area (TPSA) is 167 Å². The van der Waals surface area contributed by atoms with E-state index >= 15 is 0 Å². The number of anilines is 1. The van der Waals surface area contributed by atoms with Crippen LogP contribution in [-0.4, -0.2) is 62.9 Å². The smallest absolute Gasteiger partial charge is 0.422 e. The van der Waals surface area contributed by atoms with Gasteiger partial charge in [0.15, 0.2) is 0 Å². The standard InChI is InChI=1S/C30H41N3O10S/c1-8-40-25(34)19-33(44(38,39)32-28(37)43-30(5,6)7)23-16-14-21(15-17-23)18-24(31-27(36)42-29(2,3)4)26(35)41-20-22-12-10-9-11-13-22/h9-17,24H,8,18-20H2,1-7H3,(H,31,36)(H,32,37)/t24-/m0/s1. The van der Waals surface area contributed by atoms with Gasteiger partial charge >= 0.3 is 34.3 Å². The number of ether oxygens (including phenoxy) is 4. The summed E-state index contributed by atoms with van der Waals surface area (Å²) in [4.78, 5) is 50.1. The molecule has 2 amide bonds. The van der Waals surface area contributed by atoms with Crippen LogP contribution in [0.3, 0.4) is 0 Å². The van der Waals surface area contributed by atoms with Crippen molar-refractivity contribution in [2.45, 2.75) is 78.7 Å². The Morgan fingerprint density at radius 2 is 1.36 bits per heavy atom. The SMILES string of the molecule is CCOC(=O)CN(c1ccc(C[C@H](NC(=O)OC(C)(C)C)C(=O)OCc2ccccc2)cc1)S(=O)(=O)NC(=O)OC(C)(C)C. The third-order valence-electron chi connectivity index (χ3n) is 5.34. The second-order valence-corrected chi connectivity index (χ2v) is 13.2. The fourth-order valence-corrected chi connectivity index (χ4v) is 4.64. The second-order valence-electron chi connectivity index (χ2n) is 11.6. The zero-order valence-corrected chi connectivity index (χ0v) is 26.9. The molecule has 0 heterocycles. The van der Waals surface area contributed by atoms with Crippen LogP contribution in [0.2, 0.25) is 0 Å². The maximum Gasteiger partial charge on any atom is 0.422 e. The van der Waals surface area contributed by atoms with Gasteiger partial charge in [-0.1, -0.05) is 42.5 Å². The number of hydrogen-bond acceptors (Lipinski definition) is 10. The van der Waals surface area contributed by atoms with Gasteiger partial charge in [0.25, 0.3) is 0 Å². The van der Waals surface area contributed by atoms with E-state index in [9.17, 15) is 27.6 Å². The number of alkyl carbamates (subject to hydrolysis) is 1. The molecule has 0 aromatic heterocycles. The predicted octanol–water partition coefficient (Wildman–Crippen LogP) is 4.00. The van der Waals surface area contributed by atoms with Gasteiger partial charge in [0, 0.05) is 6.42 Å². The van der Waals surface area contributed by atoms with Crippen molar-refractivity contribution < 1.29 is 46.5 Å². The highest BCUT2D eigenvalue weighted by Gasteiger charge is 2.30. The molecule has 14 heteroatoms. The lowest BCUT2D eigenvalue weighted by molar-refractivity contribution is -0.147. The van der Waals surface area contributed by atoms with Gasteiger partial charge in [0.05, 0.1) is 12.3 Å². The maximum atomic E-state index is 13.1. The average Bonchev–Trinajstić information content (AvgIpc) is 2.88. The number of carbonyl (C=O) groups is 4. The van der Waals surface area contributed by atoms with Crippen molar-refractivity contribution in [1.29, 1.82) is 0 Å². The third kappa shape index (κ3) is 12.9. The minimum Gasteiger partial charge on any atom is -0.465 e. The lowest BCUT2D eigenvalue weighted by Crippen LogP contribution is -2.47. The van der Waals surface area contributed by atoms with Gasteiger partial charge in [-0.25, -0.2) is 23.4 Å². The normalized spacial score (nSPS) is 12.3. The van der Waals surface area contributed by atoms with Crippen LogP contribution in [0.25, 0.3) is 0 Å². The van der Waals surface area contributed by atoms with Crippen molar-refractivity contribution in [3.05, 3.63) is 65.7 Å². The van der Waals surface area contributed by atoms with E-state index in [0.29, 0.717) is 9.87 Å². The quantitative estimate of drug-likeness (QED) is 0.257. The molecule has 2 aromatic carbocycles. The monoisotopic (exact) mass is 635 g/mol. The molecule has 0 spiro atoms. The summed E-state index contributed by atoms with van der Waals surface area (Å²) >= 11 is 0. The summed E-state index contributed by atoms with van der Waals surface area (Å²) in [5.74, 6) is -1.56. The number of carbonyl (C=O) groups excluding carboxylic acids is 4.